The van der Waals surface area contributed by atoms with Crippen LogP contribution in [0.1, 0.15) is 56.0 Å². The number of fused-ring (bicyclic) bond motifs is 1. The molecule has 0 aliphatic carbocycles. The van der Waals surface area contributed by atoms with Gasteiger partial charge in [-0.15, -0.1) is 0 Å². The van der Waals surface area contributed by atoms with Gasteiger partial charge in [0, 0.05) is 23.9 Å². The van der Waals surface area contributed by atoms with Crippen LogP contribution in [-0.4, -0.2) is 52.5 Å². The fourth-order valence-corrected chi connectivity index (χ4v) is 5.61. The first kappa shape index (κ1) is 27.3. The Kier molecular flexibility index (Phi) is 7.85. The molecule has 0 bridgehead atoms. The summed E-state index contributed by atoms with van der Waals surface area (Å²) >= 11 is 0. The van der Waals surface area contributed by atoms with Gasteiger partial charge in [0.15, 0.2) is 5.82 Å². The molecule has 0 spiro atoms. The second-order valence-electron chi connectivity index (χ2n) is 11.1. The van der Waals surface area contributed by atoms with Crippen LogP contribution in [0.5, 0.6) is 5.75 Å². The molecule has 1 aliphatic heterocycles. The Bertz CT molecular complexity index is 1560. The van der Waals surface area contributed by atoms with Gasteiger partial charge in [-0.1, -0.05) is 48.9 Å². The van der Waals surface area contributed by atoms with E-state index in [4.69, 9.17) is 10.5 Å². The monoisotopic (exact) mass is 535 g/mol. The van der Waals surface area contributed by atoms with Crippen molar-refractivity contribution in [3.8, 4) is 16.9 Å². The maximum atomic E-state index is 12.0. The van der Waals surface area contributed by atoms with Crippen LogP contribution in [-0.2, 0) is 0 Å². The number of ether oxygens (including phenoxy) is 1. The maximum Gasteiger partial charge on any atom is 0.249 e. The summed E-state index contributed by atoms with van der Waals surface area (Å²) in [5.41, 5.74) is 9.65. The minimum atomic E-state index is -0.457. The summed E-state index contributed by atoms with van der Waals surface area (Å²) in [6.07, 6.45) is 7.60. The lowest BCUT2D eigenvalue weighted by molar-refractivity contribution is 0.0520. The molecule has 1 aromatic heterocycles. The van der Waals surface area contributed by atoms with Crippen molar-refractivity contribution in [2.24, 2.45) is 10.7 Å². The van der Waals surface area contributed by atoms with Crippen LogP contribution in [0.4, 0.5) is 5.82 Å². The van der Waals surface area contributed by atoms with Crippen molar-refractivity contribution in [3.05, 3.63) is 78.0 Å². The van der Waals surface area contributed by atoms with E-state index >= 15 is 0 Å². The highest BCUT2D eigenvalue weighted by molar-refractivity contribution is 6.10. The molecule has 1 aliphatic rings. The summed E-state index contributed by atoms with van der Waals surface area (Å²) in [6.45, 7) is 13.4. The van der Waals surface area contributed by atoms with Gasteiger partial charge in [-0.3, -0.25) is 9.69 Å². The smallest absolute Gasteiger partial charge is 0.249 e. The van der Waals surface area contributed by atoms with Crippen LogP contribution in [0.2, 0.25) is 0 Å². The van der Waals surface area contributed by atoms with Crippen LogP contribution >= 0.6 is 0 Å². The number of hydrogen-bond donors (Lipinski definition) is 1. The summed E-state index contributed by atoms with van der Waals surface area (Å²) in [5, 5.41) is 6.30. The van der Waals surface area contributed by atoms with Crippen molar-refractivity contribution >= 4 is 41.0 Å². The number of hydrogen-bond acceptors (Lipinski definition) is 5. The molecule has 0 radical (unpaired) electrons. The van der Waals surface area contributed by atoms with Gasteiger partial charge in [-0.25, -0.2) is 9.67 Å². The van der Waals surface area contributed by atoms with Gasteiger partial charge in [-0.05, 0) is 99.1 Å². The Balaban J connectivity index is 1.37. The molecule has 3 aromatic carbocycles. The Hall–Kier alpha value is -4.23. The van der Waals surface area contributed by atoms with Crippen molar-refractivity contribution in [1.29, 1.82) is 0 Å². The number of rotatable bonds is 9. The average molecular weight is 536 g/mol. The Morgan fingerprint density at radius 3 is 2.42 bits per heavy atom. The largest absolute Gasteiger partial charge is 0.487 e. The number of aromatic nitrogens is 2. The summed E-state index contributed by atoms with van der Waals surface area (Å²) in [6, 6.07) is 19.5. The van der Waals surface area contributed by atoms with Gasteiger partial charge >= 0.3 is 0 Å². The van der Waals surface area contributed by atoms with E-state index in [9.17, 15) is 4.79 Å². The molecule has 1 fully saturated rings. The first-order valence-electron chi connectivity index (χ1n) is 13.8. The zero-order valence-electron chi connectivity index (χ0n) is 23.6. The zero-order chi connectivity index (χ0) is 28.3. The number of likely N-dealkylation sites (tertiary alicyclic amines) is 1. The predicted molar refractivity (Wildman–Crippen MR) is 164 cm³/mol. The van der Waals surface area contributed by atoms with Gasteiger partial charge in [0.2, 0.25) is 5.91 Å². The highest BCUT2D eigenvalue weighted by Gasteiger charge is 2.25. The van der Waals surface area contributed by atoms with Gasteiger partial charge in [0.05, 0.1) is 6.20 Å². The molecule has 206 valence electrons. The Labute approximate surface area is 236 Å². The summed E-state index contributed by atoms with van der Waals surface area (Å²) in [4.78, 5) is 18.8. The molecule has 40 heavy (non-hydrogen) atoms. The van der Waals surface area contributed by atoms with Crippen molar-refractivity contribution in [2.75, 3.05) is 19.6 Å². The zero-order valence-corrected chi connectivity index (χ0v) is 23.6. The van der Waals surface area contributed by atoms with Crippen LogP contribution in [0.3, 0.4) is 0 Å². The van der Waals surface area contributed by atoms with Crippen molar-refractivity contribution in [3.63, 3.8) is 0 Å². The molecule has 2 heterocycles. The molecule has 0 atom stereocenters. The molecule has 0 unspecified atom stereocenters. The molecule has 7 nitrogen and oxygen atoms in total. The van der Waals surface area contributed by atoms with Gasteiger partial charge < -0.3 is 10.5 Å². The topological polar surface area (TPSA) is 85.7 Å². The fourth-order valence-electron chi connectivity index (χ4n) is 5.61. The number of nitrogens with two attached hydrogens (primary N) is 1. The minimum absolute atomic E-state index is 0.264. The predicted octanol–water partition coefficient (Wildman–Crippen LogP) is 6.80. The van der Waals surface area contributed by atoms with Gasteiger partial charge in [0.25, 0.3) is 0 Å². The molecular weight excluding hydrogens is 498 g/mol. The van der Waals surface area contributed by atoms with E-state index in [2.05, 4.69) is 47.7 Å². The molecule has 7 heteroatoms. The highest BCUT2D eigenvalue weighted by atomic mass is 16.5. The van der Waals surface area contributed by atoms with Crippen LogP contribution in [0, 0.1) is 0 Å². The summed E-state index contributed by atoms with van der Waals surface area (Å²) in [7, 11) is 0. The van der Waals surface area contributed by atoms with Crippen molar-refractivity contribution in [1.82, 2.24) is 14.7 Å². The summed E-state index contributed by atoms with van der Waals surface area (Å²) in [5.74, 6) is 1.02. The van der Waals surface area contributed by atoms with E-state index in [1.807, 2.05) is 55.6 Å². The number of allylic oxidation sites excluding steroid dienone is 1. The second-order valence-corrected chi connectivity index (χ2v) is 11.1. The third-order valence-electron chi connectivity index (χ3n) is 7.47. The number of amides is 1. The lowest BCUT2D eigenvalue weighted by atomic mass is 9.96. The number of piperidine rings is 1. The normalized spacial score (nSPS) is 14.8. The van der Waals surface area contributed by atoms with E-state index < -0.39 is 5.91 Å². The van der Waals surface area contributed by atoms with Crippen LogP contribution < -0.4 is 10.5 Å². The number of aliphatic imine (C=N–C) groups is 1. The average Bonchev–Trinajstić information content (AvgIpc) is 3.34. The lowest BCUT2D eigenvalue weighted by Gasteiger charge is -2.35. The van der Waals surface area contributed by atoms with Crippen LogP contribution in [0.25, 0.3) is 33.7 Å². The van der Waals surface area contributed by atoms with Crippen molar-refractivity contribution in [2.45, 2.75) is 45.6 Å². The molecule has 4 aromatic rings. The van der Waals surface area contributed by atoms with E-state index in [1.54, 1.807) is 16.9 Å². The fraction of sp³-hybridized carbons (Fsp3) is 0.303. The van der Waals surface area contributed by atoms with E-state index in [1.165, 1.54) is 19.3 Å². The quantitative estimate of drug-likeness (QED) is 0.239. The van der Waals surface area contributed by atoms with E-state index in [0.29, 0.717) is 11.4 Å². The molecule has 2 N–H and O–H groups in total. The van der Waals surface area contributed by atoms with E-state index in [0.717, 1.165) is 58.4 Å². The lowest BCUT2D eigenvalue weighted by Crippen LogP contribution is -2.44. The SMILES string of the molecule is C=Nc1c(-c2cccc3c(C(N)=O)cccc23)cnn1/C=C(\C)c1ccc(OC(C)(C)CN2CCCCC2)cc1. The third-order valence-corrected chi connectivity index (χ3v) is 7.47. The number of nitrogens with zero attached hydrogens (tertiary/aromatic N) is 4. The summed E-state index contributed by atoms with van der Waals surface area (Å²) < 4.78 is 8.11. The minimum Gasteiger partial charge on any atom is -0.487 e. The van der Waals surface area contributed by atoms with Crippen molar-refractivity contribution < 1.29 is 9.53 Å². The second kappa shape index (κ2) is 11.5. The molecule has 1 amide bonds. The maximum absolute atomic E-state index is 12.0. The standard InChI is InChI=1S/C33H37N5O2/c1-23(24-14-16-25(17-15-24)40-33(2,3)22-37-18-6-5-7-19-37)21-38-32(35-4)30(20-36-38)28-12-8-11-27-26(28)10-9-13-29(27)31(34)39/h8-17,20-21H,4-7,18-19,22H2,1-3H3,(H2,34,39)/b23-21+. The van der Waals surface area contributed by atoms with Gasteiger partial charge in [0.1, 0.15) is 11.4 Å². The molecule has 0 saturated carbocycles. The third kappa shape index (κ3) is 5.84. The first-order chi connectivity index (χ1) is 19.3. The molecule has 5 rings (SSSR count). The Morgan fingerprint density at radius 2 is 1.73 bits per heavy atom. The number of primary amides is 1. The number of carbonyl (C=O) groups excluding carboxylic acids is 1. The van der Waals surface area contributed by atoms with E-state index in [-0.39, 0.29) is 5.60 Å². The number of carbonyl (C=O) groups is 1. The van der Waals surface area contributed by atoms with Crippen LogP contribution in [0.15, 0.2) is 71.9 Å². The van der Waals surface area contributed by atoms with Gasteiger partial charge in [-0.2, -0.15) is 5.10 Å². The first-order valence-corrected chi connectivity index (χ1v) is 13.8. The molecular formula is C33H37N5O2. The number of benzene rings is 3. The highest BCUT2D eigenvalue weighted by Crippen LogP contribution is 2.36. The molecule has 1 saturated heterocycles. The Morgan fingerprint density at radius 1 is 1.02 bits per heavy atom.